The standard InChI is InChI=1S/C21H25NO6S/c1-14-6-9-16(10-7-14)22-29(25,26)18-12-15(8-11-17(18)27-5)20(24)28-13-19(23)21(2,3)4/h6-12,22H,13H2,1-5H3. The highest BCUT2D eigenvalue weighted by Gasteiger charge is 2.25. The van der Waals surface area contributed by atoms with E-state index >= 15 is 0 Å². The molecule has 0 aliphatic heterocycles. The number of nitrogens with one attached hydrogen (secondary N) is 1. The Morgan fingerprint density at radius 3 is 2.21 bits per heavy atom. The number of aryl methyl sites for hydroxylation is 1. The van der Waals surface area contributed by atoms with Gasteiger partial charge in [0.25, 0.3) is 10.0 Å². The zero-order valence-corrected chi connectivity index (χ0v) is 17.9. The van der Waals surface area contributed by atoms with Crippen LogP contribution in [0.5, 0.6) is 5.75 Å². The second-order valence-electron chi connectivity index (χ2n) is 7.59. The Hall–Kier alpha value is -2.87. The molecule has 2 aromatic carbocycles. The Morgan fingerprint density at radius 1 is 1.03 bits per heavy atom. The van der Waals surface area contributed by atoms with Gasteiger partial charge < -0.3 is 9.47 Å². The number of methoxy groups -OCH3 is 1. The van der Waals surface area contributed by atoms with Crippen molar-refractivity contribution in [2.45, 2.75) is 32.6 Å². The highest BCUT2D eigenvalue weighted by atomic mass is 32.2. The number of anilines is 1. The summed E-state index contributed by atoms with van der Waals surface area (Å²) < 4.78 is 38.3. The van der Waals surface area contributed by atoms with Crippen LogP contribution in [-0.4, -0.2) is 33.9 Å². The normalized spacial score (nSPS) is 11.6. The second-order valence-corrected chi connectivity index (χ2v) is 9.24. The molecule has 29 heavy (non-hydrogen) atoms. The van der Waals surface area contributed by atoms with Crippen molar-refractivity contribution in [1.82, 2.24) is 0 Å². The van der Waals surface area contributed by atoms with Crippen LogP contribution in [0.3, 0.4) is 0 Å². The van der Waals surface area contributed by atoms with Crippen LogP contribution in [0, 0.1) is 12.3 Å². The average Bonchev–Trinajstić information content (AvgIpc) is 2.66. The fourth-order valence-corrected chi connectivity index (χ4v) is 3.53. The minimum Gasteiger partial charge on any atom is -0.495 e. The molecule has 0 heterocycles. The van der Waals surface area contributed by atoms with Crippen molar-refractivity contribution in [2.24, 2.45) is 5.41 Å². The number of carbonyl (C=O) groups excluding carboxylic acids is 2. The molecular weight excluding hydrogens is 394 g/mol. The van der Waals surface area contributed by atoms with E-state index in [9.17, 15) is 18.0 Å². The van der Waals surface area contributed by atoms with E-state index in [0.717, 1.165) is 5.56 Å². The molecule has 1 N–H and O–H groups in total. The lowest BCUT2D eigenvalue weighted by Gasteiger charge is -2.16. The van der Waals surface area contributed by atoms with Crippen LogP contribution >= 0.6 is 0 Å². The maximum absolute atomic E-state index is 12.8. The van der Waals surface area contributed by atoms with Gasteiger partial charge in [-0.15, -0.1) is 0 Å². The first kappa shape index (κ1) is 22.4. The van der Waals surface area contributed by atoms with Crippen LogP contribution in [0.4, 0.5) is 5.69 Å². The second kappa shape index (κ2) is 8.65. The molecule has 0 fully saturated rings. The smallest absolute Gasteiger partial charge is 0.338 e. The molecule has 0 aromatic heterocycles. The number of ketones is 1. The van der Waals surface area contributed by atoms with Gasteiger partial charge >= 0.3 is 5.97 Å². The quantitative estimate of drug-likeness (QED) is 0.689. The molecule has 0 spiro atoms. The number of sulfonamides is 1. The van der Waals surface area contributed by atoms with Gasteiger partial charge in [0.1, 0.15) is 10.6 Å². The van der Waals surface area contributed by atoms with E-state index in [4.69, 9.17) is 9.47 Å². The maximum Gasteiger partial charge on any atom is 0.338 e. The van der Waals surface area contributed by atoms with Gasteiger partial charge in [0, 0.05) is 11.1 Å². The predicted molar refractivity (Wildman–Crippen MR) is 110 cm³/mol. The van der Waals surface area contributed by atoms with Crippen LogP contribution in [0.2, 0.25) is 0 Å². The van der Waals surface area contributed by atoms with Crippen molar-refractivity contribution in [3.63, 3.8) is 0 Å². The first-order valence-electron chi connectivity index (χ1n) is 8.92. The molecule has 0 aliphatic carbocycles. The van der Waals surface area contributed by atoms with Crippen molar-refractivity contribution >= 4 is 27.5 Å². The van der Waals surface area contributed by atoms with Gasteiger partial charge in [-0.1, -0.05) is 38.5 Å². The monoisotopic (exact) mass is 419 g/mol. The van der Waals surface area contributed by atoms with Crippen LogP contribution in [0.25, 0.3) is 0 Å². The summed E-state index contributed by atoms with van der Waals surface area (Å²) in [6.07, 6.45) is 0. The molecule has 0 unspecified atom stereocenters. The minimum absolute atomic E-state index is 0.00297. The molecule has 0 bridgehead atoms. The van der Waals surface area contributed by atoms with Crippen molar-refractivity contribution in [1.29, 1.82) is 0 Å². The molecule has 7 nitrogen and oxygen atoms in total. The van der Waals surface area contributed by atoms with Crippen molar-refractivity contribution in [3.8, 4) is 5.75 Å². The molecule has 0 saturated heterocycles. The van der Waals surface area contributed by atoms with Crippen molar-refractivity contribution < 1.29 is 27.5 Å². The first-order chi connectivity index (χ1) is 13.4. The van der Waals surface area contributed by atoms with Gasteiger partial charge in [0.05, 0.1) is 12.7 Å². The van der Waals surface area contributed by atoms with Gasteiger partial charge in [0.2, 0.25) is 0 Å². The fraction of sp³-hybridized carbons (Fsp3) is 0.333. The van der Waals surface area contributed by atoms with E-state index in [2.05, 4.69) is 4.72 Å². The summed E-state index contributed by atoms with van der Waals surface area (Å²) in [6.45, 7) is 6.66. The molecule has 0 atom stereocenters. The average molecular weight is 419 g/mol. The maximum atomic E-state index is 12.8. The molecule has 0 aliphatic rings. The Bertz CT molecular complexity index is 1000. The van der Waals surface area contributed by atoms with E-state index in [1.165, 1.54) is 25.3 Å². The number of rotatable bonds is 7. The zero-order valence-electron chi connectivity index (χ0n) is 17.1. The summed E-state index contributed by atoms with van der Waals surface area (Å²) in [5.74, 6) is -0.961. The third kappa shape index (κ3) is 5.80. The van der Waals surface area contributed by atoms with Crippen LogP contribution in [0.1, 0.15) is 36.7 Å². The highest BCUT2D eigenvalue weighted by molar-refractivity contribution is 7.92. The SMILES string of the molecule is COc1ccc(C(=O)OCC(=O)C(C)(C)C)cc1S(=O)(=O)Nc1ccc(C)cc1. The number of carbonyl (C=O) groups is 2. The lowest BCUT2D eigenvalue weighted by Crippen LogP contribution is -2.26. The molecule has 0 saturated carbocycles. The summed E-state index contributed by atoms with van der Waals surface area (Å²) >= 11 is 0. The van der Waals surface area contributed by atoms with Gasteiger partial charge in [-0.25, -0.2) is 13.2 Å². The summed E-state index contributed by atoms with van der Waals surface area (Å²) in [5, 5.41) is 0. The largest absolute Gasteiger partial charge is 0.495 e. The van der Waals surface area contributed by atoms with Crippen LogP contribution < -0.4 is 9.46 Å². The molecule has 2 rings (SSSR count). The summed E-state index contributed by atoms with van der Waals surface area (Å²) in [6, 6.07) is 10.7. The number of hydrogen-bond acceptors (Lipinski definition) is 6. The lowest BCUT2D eigenvalue weighted by molar-refractivity contribution is -0.129. The zero-order chi connectivity index (χ0) is 21.8. The van der Waals surface area contributed by atoms with Gasteiger partial charge in [-0.3, -0.25) is 9.52 Å². The predicted octanol–water partition coefficient (Wildman–Crippen LogP) is 3.58. The molecule has 156 valence electrons. The third-order valence-corrected chi connectivity index (χ3v) is 5.57. The number of esters is 1. The molecule has 0 amide bonds. The third-order valence-electron chi connectivity index (χ3n) is 4.16. The highest BCUT2D eigenvalue weighted by Crippen LogP contribution is 2.27. The number of hydrogen-bond donors (Lipinski definition) is 1. The summed E-state index contributed by atoms with van der Waals surface area (Å²) in [5.41, 5.74) is 0.713. The first-order valence-corrected chi connectivity index (χ1v) is 10.4. The number of Topliss-reactive ketones (excluding diaryl/α,β-unsaturated/α-hetero) is 1. The lowest BCUT2D eigenvalue weighted by atomic mass is 9.91. The van der Waals surface area contributed by atoms with E-state index in [1.54, 1.807) is 45.0 Å². The van der Waals surface area contributed by atoms with Gasteiger partial charge in [0.15, 0.2) is 12.4 Å². The van der Waals surface area contributed by atoms with E-state index in [-0.39, 0.29) is 22.0 Å². The van der Waals surface area contributed by atoms with Crippen molar-refractivity contribution in [2.75, 3.05) is 18.4 Å². The number of ether oxygens (including phenoxy) is 2. The molecule has 2 aromatic rings. The Labute approximate surface area is 171 Å². The topological polar surface area (TPSA) is 98.8 Å². The van der Waals surface area contributed by atoms with Crippen LogP contribution in [-0.2, 0) is 19.6 Å². The van der Waals surface area contributed by atoms with Crippen molar-refractivity contribution in [3.05, 3.63) is 53.6 Å². The Morgan fingerprint density at radius 2 is 1.66 bits per heavy atom. The molecule has 8 heteroatoms. The summed E-state index contributed by atoms with van der Waals surface area (Å²) in [4.78, 5) is 24.1. The van der Waals surface area contributed by atoms with Gasteiger partial charge in [-0.2, -0.15) is 0 Å². The van der Waals surface area contributed by atoms with E-state index in [0.29, 0.717) is 5.69 Å². The Balaban J connectivity index is 2.28. The molecular formula is C21H25NO6S. The number of benzene rings is 2. The minimum atomic E-state index is -4.03. The van der Waals surface area contributed by atoms with Crippen LogP contribution in [0.15, 0.2) is 47.4 Å². The fourth-order valence-electron chi connectivity index (χ4n) is 2.28. The summed E-state index contributed by atoms with van der Waals surface area (Å²) in [7, 11) is -2.70. The van der Waals surface area contributed by atoms with E-state index in [1.807, 2.05) is 6.92 Å². The van der Waals surface area contributed by atoms with Gasteiger partial charge in [-0.05, 0) is 37.3 Å². The van der Waals surface area contributed by atoms with E-state index < -0.39 is 28.0 Å². The molecule has 0 radical (unpaired) electrons. The Kier molecular flexibility index (Phi) is 6.69.